The first kappa shape index (κ1) is 22.3. The van der Waals surface area contributed by atoms with E-state index in [0.29, 0.717) is 40.2 Å². The first-order chi connectivity index (χ1) is 16.0. The minimum atomic E-state index is 0.517. The van der Waals surface area contributed by atoms with Crippen LogP contribution in [0.4, 0.5) is 0 Å². The van der Waals surface area contributed by atoms with Crippen molar-refractivity contribution in [2.75, 3.05) is 49.8 Å². The summed E-state index contributed by atoms with van der Waals surface area (Å²) in [5.41, 5.74) is 2.60. The lowest BCUT2D eigenvalue weighted by molar-refractivity contribution is 0.324. The number of fused-ring (bicyclic) bond motifs is 3. The monoisotopic (exact) mass is 453 g/mol. The van der Waals surface area contributed by atoms with Gasteiger partial charge < -0.3 is 37.7 Å². The van der Waals surface area contributed by atoms with E-state index >= 15 is 0 Å². The fourth-order valence-corrected chi connectivity index (χ4v) is 4.14. The van der Waals surface area contributed by atoms with Gasteiger partial charge in [0.2, 0.25) is 5.75 Å². The molecule has 8 nitrogen and oxygen atoms in total. The summed E-state index contributed by atoms with van der Waals surface area (Å²) in [6.07, 6.45) is 0. The molecule has 8 heteroatoms. The van der Waals surface area contributed by atoms with Crippen molar-refractivity contribution in [3.05, 3.63) is 36.4 Å². The average Bonchev–Trinajstić information content (AvgIpc) is 3.17. The van der Waals surface area contributed by atoms with E-state index in [1.165, 1.54) is 0 Å². The van der Waals surface area contributed by atoms with Crippen molar-refractivity contribution in [2.24, 2.45) is 0 Å². The molecular weight excluding hydrogens is 426 g/mol. The molecule has 1 heterocycles. The summed E-state index contributed by atoms with van der Waals surface area (Å²) >= 11 is 0. The van der Waals surface area contributed by atoms with Gasteiger partial charge in [-0.3, -0.25) is 0 Å². The first-order valence-electron chi connectivity index (χ1n) is 10.2. The molecule has 0 aliphatic rings. The minimum Gasteiger partial charge on any atom is -0.493 e. The predicted octanol–water partition coefficient (Wildman–Crippen LogP) is 4.84. The quantitative estimate of drug-likeness (QED) is 0.378. The van der Waals surface area contributed by atoms with E-state index in [-0.39, 0.29) is 0 Å². The molecule has 0 bridgehead atoms. The topological polar surface area (TPSA) is 69.5 Å². The van der Waals surface area contributed by atoms with Crippen molar-refractivity contribution in [3.63, 3.8) is 0 Å². The Hall–Kier alpha value is -3.94. The normalized spacial score (nSPS) is 10.9. The molecule has 0 spiro atoms. The third-order valence-corrected chi connectivity index (χ3v) is 5.68. The first-order valence-corrected chi connectivity index (χ1v) is 10.2. The Labute approximate surface area is 192 Å². The summed E-state index contributed by atoms with van der Waals surface area (Å²) in [6.45, 7) is 0. The SMILES string of the molecule is COc1cc2c3cc(OC)c(OC)cc3n(-c3cc(OC)c(OC)c(OC)c3)c2cc1OC. The fourth-order valence-electron chi connectivity index (χ4n) is 4.14. The van der Waals surface area contributed by atoms with Crippen LogP contribution in [0.3, 0.4) is 0 Å². The maximum Gasteiger partial charge on any atom is 0.203 e. The zero-order valence-electron chi connectivity index (χ0n) is 19.8. The number of aromatic nitrogens is 1. The van der Waals surface area contributed by atoms with Gasteiger partial charge in [-0.05, 0) is 12.1 Å². The lowest BCUT2D eigenvalue weighted by Gasteiger charge is -2.16. The van der Waals surface area contributed by atoms with Crippen molar-refractivity contribution in [1.29, 1.82) is 0 Å². The Morgan fingerprint density at radius 3 is 1.12 bits per heavy atom. The van der Waals surface area contributed by atoms with Gasteiger partial charge in [0.25, 0.3) is 0 Å². The van der Waals surface area contributed by atoms with Gasteiger partial charge in [-0.2, -0.15) is 0 Å². The number of ether oxygens (including phenoxy) is 7. The fraction of sp³-hybridized carbons (Fsp3) is 0.280. The van der Waals surface area contributed by atoms with Gasteiger partial charge in [0.15, 0.2) is 34.5 Å². The van der Waals surface area contributed by atoms with Crippen molar-refractivity contribution in [1.82, 2.24) is 4.57 Å². The molecule has 33 heavy (non-hydrogen) atoms. The zero-order valence-corrected chi connectivity index (χ0v) is 19.8. The molecule has 4 aromatic rings. The van der Waals surface area contributed by atoms with E-state index in [2.05, 4.69) is 4.57 Å². The minimum absolute atomic E-state index is 0.517. The lowest BCUT2D eigenvalue weighted by Crippen LogP contribution is -2.00. The van der Waals surface area contributed by atoms with Gasteiger partial charge in [-0.25, -0.2) is 0 Å². The predicted molar refractivity (Wildman–Crippen MR) is 127 cm³/mol. The van der Waals surface area contributed by atoms with Crippen LogP contribution < -0.4 is 33.2 Å². The summed E-state index contributed by atoms with van der Waals surface area (Å²) in [7, 11) is 11.2. The molecule has 0 amide bonds. The van der Waals surface area contributed by atoms with E-state index in [4.69, 9.17) is 33.2 Å². The van der Waals surface area contributed by atoms with E-state index in [1.807, 2.05) is 36.4 Å². The zero-order chi connectivity index (χ0) is 23.7. The smallest absolute Gasteiger partial charge is 0.203 e. The van der Waals surface area contributed by atoms with Crippen LogP contribution in [0.2, 0.25) is 0 Å². The molecule has 0 radical (unpaired) electrons. The molecule has 0 saturated carbocycles. The molecule has 0 aliphatic carbocycles. The van der Waals surface area contributed by atoms with Gasteiger partial charge in [-0.15, -0.1) is 0 Å². The van der Waals surface area contributed by atoms with Crippen molar-refractivity contribution in [3.8, 4) is 45.9 Å². The second-order valence-electron chi connectivity index (χ2n) is 7.17. The Bertz CT molecular complexity index is 1230. The molecular formula is C25H27NO7. The third kappa shape index (κ3) is 3.47. The van der Waals surface area contributed by atoms with Gasteiger partial charge in [0.1, 0.15) is 0 Å². The molecule has 0 unspecified atom stereocenters. The highest BCUT2D eigenvalue weighted by molar-refractivity contribution is 6.11. The van der Waals surface area contributed by atoms with Crippen LogP contribution >= 0.6 is 0 Å². The molecule has 174 valence electrons. The molecule has 0 saturated heterocycles. The number of hydrogen-bond donors (Lipinski definition) is 0. The summed E-state index contributed by atoms with van der Waals surface area (Å²) < 4.78 is 41.1. The summed E-state index contributed by atoms with van der Waals surface area (Å²) in [5, 5.41) is 1.91. The number of hydrogen-bond acceptors (Lipinski definition) is 7. The number of rotatable bonds is 8. The van der Waals surface area contributed by atoms with Gasteiger partial charge >= 0.3 is 0 Å². The molecule has 4 rings (SSSR count). The van der Waals surface area contributed by atoms with Crippen molar-refractivity contribution in [2.45, 2.75) is 0 Å². The second kappa shape index (κ2) is 8.90. The largest absolute Gasteiger partial charge is 0.493 e. The third-order valence-electron chi connectivity index (χ3n) is 5.68. The molecule has 0 N–H and O–H groups in total. The van der Waals surface area contributed by atoms with Crippen LogP contribution in [0.1, 0.15) is 0 Å². The lowest BCUT2D eigenvalue weighted by atomic mass is 10.1. The highest BCUT2D eigenvalue weighted by Crippen LogP contribution is 2.45. The highest BCUT2D eigenvalue weighted by atomic mass is 16.5. The Balaban J connectivity index is 2.18. The number of nitrogens with zero attached hydrogens (tertiary/aromatic N) is 1. The second-order valence-corrected chi connectivity index (χ2v) is 7.17. The van der Waals surface area contributed by atoms with Crippen LogP contribution in [-0.2, 0) is 0 Å². The molecule has 0 fully saturated rings. The van der Waals surface area contributed by atoms with Crippen molar-refractivity contribution < 1.29 is 33.2 Å². The summed E-state index contributed by atoms with van der Waals surface area (Å²) in [6, 6.07) is 11.6. The van der Waals surface area contributed by atoms with E-state index in [9.17, 15) is 0 Å². The summed E-state index contributed by atoms with van der Waals surface area (Å²) in [5.74, 6) is 4.09. The molecule has 1 aromatic heterocycles. The Kier molecular flexibility index (Phi) is 6.00. The van der Waals surface area contributed by atoms with Gasteiger partial charge in [-0.1, -0.05) is 0 Å². The standard InChI is InChI=1S/C25H27NO7/c1-27-19-10-15-16-11-20(28-2)22(30-4)13-18(16)26(17(15)12-21(19)29-3)14-8-23(31-5)25(33-7)24(9-14)32-6/h8-13H,1-7H3. The van der Waals surface area contributed by atoms with Crippen LogP contribution in [0.25, 0.3) is 27.5 Å². The number of methoxy groups -OCH3 is 7. The Morgan fingerprint density at radius 2 is 0.788 bits per heavy atom. The maximum atomic E-state index is 5.60. The van der Waals surface area contributed by atoms with E-state index in [0.717, 1.165) is 27.5 Å². The average molecular weight is 453 g/mol. The molecule has 0 atom stereocenters. The van der Waals surface area contributed by atoms with E-state index in [1.54, 1.807) is 49.8 Å². The van der Waals surface area contributed by atoms with E-state index < -0.39 is 0 Å². The van der Waals surface area contributed by atoms with Crippen LogP contribution in [0, 0.1) is 0 Å². The van der Waals surface area contributed by atoms with Gasteiger partial charge in [0, 0.05) is 35.0 Å². The van der Waals surface area contributed by atoms with Crippen molar-refractivity contribution >= 4 is 21.8 Å². The number of benzene rings is 3. The Morgan fingerprint density at radius 1 is 0.424 bits per heavy atom. The summed E-state index contributed by atoms with van der Waals surface area (Å²) in [4.78, 5) is 0. The van der Waals surface area contributed by atoms with Crippen LogP contribution in [-0.4, -0.2) is 54.3 Å². The maximum absolute atomic E-state index is 5.60. The molecule has 0 aliphatic heterocycles. The van der Waals surface area contributed by atoms with Crippen LogP contribution in [0.15, 0.2) is 36.4 Å². The highest BCUT2D eigenvalue weighted by Gasteiger charge is 2.22. The van der Waals surface area contributed by atoms with Crippen LogP contribution in [0.5, 0.6) is 40.2 Å². The molecule has 3 aromatic carbocycles. The van der Waals surface area contributed by atoms with Gasteiger partial charge in [0.05, 0.1) is 66.5 Å².